The highest BCUT2D eigenvalue weighted by Gasteiger charge is 2.25. The second-order valence-corrected chi connectivity index (χ2v) is 7.62. The summed E-state index contributed by atoms with van der Waals surface area (Å²) in [5.74, 6) is 0.933. The fraction of sp³-hybridized carbons (Fsp3) is 0.273. The maximum absolute atomic E-state index is 9.34. The number of fused-ring (bicyclic) bond motifs is 1. The molecule has 1 aromatic carbocycles. The van der Waals surface area contributed by atoms with E-state index in [9.17, 15) is 5.26 Å². The molecule has 0 radical (unpaired) electrons. The van der Waals surface area contributed by atoms with Gasteiger partial charge in [0.15, 0.2) is 5.65 Å². The molecule has 1 N–H and O–H groups in total. The van der Waals surface area contributed by atoms with Crippen molar-refractivity contribution in [3.63, 3.8) is 0 Å². The highest BCUT2D eigenvalue weighted by atomic mass is 15.3. The van der Waals surface area contributed by atoms with Gasteiger partial charge in [0.25, 0.3) is 0 Å². The number of nitrogens with zero attached hydrogens (tertiary/aromatic N) is 7. The average Bonchev–Trinajstić information content (AvgIpc) is 3.38. The van der Waals surface area contributed by atoms with E-state index in [2.05, 4.69) is 39.5 Å². The SMILES string of the molecule is C[C@H]1CNCCN1c1ncnc2c1c(-c1cnn(C)c1)cn2-c1cccc(C#N)c1. The van der Waals surface area contributed by atoms with Gasteiger partial charge < -0.3 is 14.8 Å². The Kier molecular flexibility index (Phi) is 4.45. The number of piperazine rings is 1. The Morgan fingerprint density at radius 3 is 2.90 bits per heavy atom. The lowest BCUT2D eigenvalue weighted by atomic mass is 10.1. The summed E-state index contributed by atoms with van der Waals surface area (Å²) in [4.78, 5) is 11.7. The topological polar surface area (TPSA) is 87.6 Å². The Labute approximate surface area is 174 Å². The Morgan fingerprint density at radius 2 is 2.13 bits per heavy atom. The van der Waals surface area contributed by atoms with Gasteiger partial charge in [-0.1, -0.05) is 6.07 Å². The maximum atomic E-state index is 9.34. The molecule has 1 aliphatic heterocycles. The summed E-state index contributed by atoms with van der Waals surface area (Å²) in [6.45, 7) is 4.92. The number of nitriles is 1. The molecule has 1 atom stereocenters. The van der Waals surface area contributed by atoms with Gasteiger partial charge in [0.2, 0.25) is 0 Å². The zero-order valence-electron chi connectivity index (χ0n) is 16.9. The number of aromatic nitrogens is 5. The molecule has 0 unspecified atom stereocenters. The van der Waals surface area contributed by atoms with Gasteiger partial charge in [-0.3, -0.25) is 4.68 Å². The summed E-state index contributed by atoms with van der Waals surface area (Å²) in [5.41, 5.74) is 4.37. The first-order chi connectivity index (χ1) is 14.7. The second-order valence-electron chi connectivity index (χ2n) is 7.62. The van der Waals surface area contributed by atoms with E-state index in [4.69, 9.17) is 4.98 Å². The summed E-state index contributed by atoms with van der Waals surface area (Å²) >= 11 is 0. The molecule has 1 aliphatic rings. The molecule has 8 heteroatoms. The van der Waals surface area contributed by atoms with Gasteiger partial charge in [-0.15, -0.1) is 0 Å². The lowest BCUT2D eigenvalue weighted by Crippen LogP contribution is -2.50. The van der Waals surface area contributed by atoms with Crippen LogP contribution in [-0.4, -0.2) is 50.0 Å². The summed E-state index contributed by atoms with van der Waals surface area (Å²) in [6, 6.07) is 10.1. The molecule has 30 heavy (non-hydrogen) atoms. The number of benzene rings is 1. The first kappa shape index (κ1) is 18.3. The predicted octanol–water partition coefficient (Wildman–Crippen LogP) is 2.49. The normalized spacial score (nSPS) is 16.7. The van der Waals surface area contributed by atoms with Gasteiger partial charge >= 0.3 is 0 Å². The third-order valence-corrected chi connectivity index (χ3v) is 5.61. The molecule has 4 heterocycles. The quantitative estimate of drug-likeness (QED) is 0.571. The van der Waals surface area contributed by atoms with E-state index >= 15 is 0 Å². The van der Waals surface area contributed by atoms with Crippen molar-refractivity contribution in [1.29, 1.82) is 5.26 Å². The fourth-order valence-corrected chi connectivity index (χ4v) is 4.12. The van der Waals surface area contributed by atoms with Crippen LogP contribution in [0.1, 0.15) is 12.5 Å². The summed E-state index contributed by atoms with van der Waals surface area (Å²) in [5, 5.41) is 18.2. The second kappa shape index (κ2) is 7.28. The molecule has 0 amide bonds. The van der Waals surface area contributed by atoms with Gasteiger partial charge in [0.05, 0.1) is 23.2 Å². The van der Waals surface area contributed by atoms with E-state index in [1.54, 1.807) is 17.1 Å². The Balaban J connectivity index is 1.79. The van der Waals surface area contributed by atoms with Gasteiger partial charge in [0.1, 0.15) is 12.1 Å². The summed E-state index contributed by atoms with van der Waals surface area (Å²) in [6.07, 6.45) is 7.57. The molecular formula is C22H22N8. The minimum Gasteiger partial charge on any atom is -0.351 e. The minimum atomic E-state index is 0.323. The van der Waals surface area contributed by atoms with Crippen LogP contribution in [0.25, 0.3) is 27.8 Å². The molecule has 4 aromatic rings. The average molecular weight is 398 g/mol. The van der Waals surface area contributed by atoms with Gasteiger partial charge in [-0.25, -0.2) is 9.97 Å². The molecular weight excluding hydrogens is 376 g/mol. The molecule has 5 rings (SSSR count). The molecule has 0 bridgehead atoms. The number of hydrogen-bond acceptors (Lipinski definition) is 6. The molecule has 0 spiro atoms. The standard InChI is InChI=1S/C22H22N8/c1-15-10-24-6-7-29(15)21-20-19(17-11-27-28(2)12-17)13-30(22(20)26-14-25-21)18-5-3-4-16(8-18)9-23/h3-5,8,11-15,24H,6-7,10H2,1-2H3/t15-/m0/s1. The zero-order chi connectivity index (χ0) is 20.7. The van der Waals surface area contributed by atoms with Crippen LogP contribution in [0.5, 0.6) is 0 Å². The van der Waals surface area contributed by atoms with Crippen LogP contribution in [0.15, 0.2) is 49.2 Å². The lowest BCUT2D eigenvalue weighted by molar-refractivity contribution is 0.498. The van der Waals surface area contributed by atoms with E-state index in [1.807, 2.05) is 42.2 Å². The van der Waals surface area contributed by atoms with Crippen molar-refractivity contribution in [3.8, 4) is 22.9 Å². The largest absolute Gasteiger partial charge is 0.351 e. The van der Waals surface area contributed by atoms with E-state index < -0.39 is 0 Å². The van der Waals surface area contributed by atoms with Crippen molar-refractivity contribution in [2.75, 3.05) is 24.5 Å². The van der Waals surface area contributed by atoms with E-state index in [0.717, 1.165) is 53.3 Å². The number of anilines is 1. The smallest absolute Gasteiger partial charge is 0.150 e. The highest BCUT2D eigenvalue weighted by Crippen LogP contribution is 2.37. The van der Waals surface area contributed by atoms with Crippen LogP contribution in [0, 0.1) is 11.3 Å². The number of rotatable bonds is 3. The van der Waals surface area contributed by atoms with Crippen LogP contribution < -0.4 is 10.2 Å². The summed E-state index contributed by atoms with van der Waals surface area (Å²) in [7, 11) is 1.91. The monoisotopic (exact) mass is 398 g/mol. The van der Waals surface area contributed by atoms with Gasteiger partial charge in [0, 0.05) is 61.9 Å². The molecule has 1 fully saturated rings. The fourth-order valence-electron chi connectivity index (χ4n) is 4.12. The number of hydrogen-bond donors (Lipinski definition) is 1. The minimum absolute atomic E-state index is 0.323. The first-order valence-electron chi connectivity index (χ1n) is 9.98. The van der Waals surface area contributed by atoms with Crippen molar-refractivity contribution >= 4 is 16.9 Å². The molecule has 0 aliphatic carbocycles. The number of aryl methyl sites for hydroxylation is 1. The number of nitrogens with one attached hydrogen (secondary N) is 1. The van der Waals surface area contributed by atoms with Crippen LogP contribution in [0.4, 0.5) is 5.82 Å². The lowest BCUT2D eigenvalue weighted by Gasteiger charge is -2.35. The molecule has 3 aromatic heterocycles. The van der Waals surface area contributed by atoms with Crippen molar-refractivity contribution in [1.82, 2.24) is 29.6 Å². The van der Waals surface area contributed by atoms with Crippen LogP contribution in [0.2, 0.25) is 0 Å². The Bertz CT molecular complexity index is 1260. The van der Waals surface area contributed by atoms with Crippen LogP contribution in [-0.2, 0) is 7.05 Å². The van der Waals surface area contributed by atoms with Crippen molar-refractivity contribution in [3.05, 3.63) is 54.7 Å². The molecule has 0 saturated carbocycles. The van der Waals surface area contributed by atoms with E-state index in [0.29, 0.717) is 11.6 Å². The van der Waals surface area contributed by atoms with Gasteiger partial charge in [-0.05, 0) is 25.1 Å². The molecule has 150 valence electrons. The van der Waals surface area contributed by atoms with E-state index in [-0.39, 0.29) is 0 Å². The Morgan fingerprint density at radius 1 is 1.23 bits per heavy atom. The summed E-state index contributed by atoms with van der Waals surface area (Å²) < 4.78 is 3.84. The van der Waals surface area contributed by atoms with Crippen LogP contribution >= 0.6 is 0 Å². The van der Waals surface area contributed by atoms with Crippen molar-refractivity contribution < 1.29 is 0 Å². The third-order valence-electron chi connectivity index (χ3n) is 5.61. The predicted molar refractivity (Wildman–Crippen MR) is 115 cm³/mol. The van der Waals surface area contributed by atoms with Crippen LogP contribution in [0.3, 0.4) is 0 Å². The van der Waals surface area contributed by atoms with Gasteiger partial charge in [-0.2, -0.15) is 10.4 Å². The van der Waals surface area contributed by atoms with E-state index in [1.165, 1.54) is 0 Å². The molecule has 8 nitrogen and oxygen atoms in total. The molecule has 1 saturated heterocycles. The maximum Gasteiger partial charge on any atom is 0.150 e. The van der Waals surface area contributed by atoms with Crippen molar-refractivity contribution in [2.45, 2.75) is 13.0 Å². The first-order valence-corrected chi connectivity index (χ1v) is 9.98. The zero-order valence-corrected chi connectivity index (χ0v) is 16.9. The third kappa shape index (κ3) is 3.00. The van der Waals surface area contributed by atoms with Crippen molar-refractivity contribution in [2.24, 2.45) is 7.05 Å². The highest BCUT2D eigenvalue weighted by molar-refractivity contribution is 6.02. The Hall–Kier alpha value is -3.70.